The minimum atomic E-state index is 0.0461. The van der Waals surface area contributed by atoms with Crippen molar-refractivity contribution in [1.29, 1.82) is 0 Å². The van der Waals surface area contributed by atoms with E-state index in [-0.39, 0.29) is 12.1 Å². The third-order valence-corrected chi connectivity index (χ3v) is 1.65. The first-order valence-corrected chi connectivity index (χ1v) is 3.18. The SMILES string of the molecule is NC1=CC(N)CCC1N. The molecule has 0 saturated heterocycles. The van der Waals surface area contributed by atoms with Crippen LogP contribution in [0.4, 0.5) is 0 Å². The Morgan fingerprint density at radius 2 is 2.00 bits per heavy atom. The minimum absolute atomic E-state index is 0.0461. The van der Waals surface area contributed by atoms with Crippen molar-refractivity contribution in [2.45, 2.75) is 24.9 Å². The first-order chi connectivity index (χ1) is 4.20. The number of nitrogens with two attached hydrogens (primary N) is 3. The van der Waals surface area contributed by atoms with E-state index < -0.39 is 0 Å². The molecule has 9 heavy (non-hydrogen) atoms. The monoisotopic (exact) mass is 127 g/mol. The molecular formula is C6H13N3. The fourth-order valence-corrected chi connectivity index (χ4v) is 0.993. The molecule has 3 heteroatoms. The Hall–Kier alpha value is -0.540. The highest BCUT2D eigenvalue weighted by Crippen LogP contribution is 2.10. The molecule has 1 rings (SSSR count). The van der Waals surface area contributed by atoms with Gasteiger partial charge in [0, 0.05) is 17.8 Å². The highest BCUT2D eigenvalue weighted by Gasteiger charge is 2.14. The minimum Gasteiger partial charge on any atom is -0.401 e. The first kappa shape index (κ1) is 6.58. The number of hydrogen-bond acceptors (Lipinski definition) is 3. The molecule has 0 amide bonds. The Morgan fingerprint density at radius 1 is 1.33 bits per heavy atom. The van der Waals surface area contributed by atoms with Crippen LogP contribution >= 0.6 is 0 Å². The zero-order valence-corrected chi connectivity index (χ0v) is 5.38. The van der Waals surface area contributed by atoms with E-state index in [0.717, 1.165) is 18.5 Å². The van der Waals surface area contributed by atoms with Crippen LogP contribution in [0.1, 0.15) is 12.8 Å². The second kappa shape index (κ2) is 2.37. The molecule has 0 heterocycles. The maximum absolute atomic E-state index is 5.59. The summed E-state index contributed by atoms with van der Waals surface area (Å²) >= 11 is 0. The maximum Gasteiger partial charge on any atom is 0.0440 e. The van der Waals surface area contributed by atoms with Crippen LogP contribution in [0.25, 0.3) is 0 Å². The third kappa shape index (κ3) is 1.43. The molecule has 3 nitrogen and oxygen atoms in total. The van der Waals surface area contributed by atoms with Gasteiger partial charge in [-0.15, -0.1) is 0 Å². The average Bonchev–Trinajstić information content (AvgIpc) is 1.80. The standard InChI is InChI=1S/C6H13N3/c7-4-1-2-5(8)6(9)3-4/h3-5H,1-2,7-9H2. The van der Waals surface area contributed by atoms with E-state index in [9.17, 15) is 0 Å². The van der Waals surface area contributed by atoms with Gasteiger partial charge in [0.05, 0.1) is 0 Å². The second-order valence-corrected chi connectivity index (χ2v) is 2.51. The van der Waals surface area contributed by atoms with Gasteiger partial charge in [-0.25, -0.2) is 0 Å². The Balaban J connectivity index is 2.61. The van der Waals surface area contributed by atoms with Crippen molar-refractivity contribution in [1.82, 2.24) is 0 Å². The van der Waals surface area contributed by atoms with Crippen molar-refractivity contribution < 1.29 is 0 Å². The quantitative estimate of drug-likeness (QED) is 0.401. The van der Waals surface area contributed by atoms with Crippen molar-refractivity contribution in [3.8, 4) is 0 Å². The summed E-state index contributed by atoms with van der Waals surface area (Å²) < 4.78 is 0. The molecular weight excluding hydrogens is 114 g/mol. The predicted octanol–water partition coefficient (Wildman–Crippen LogP) is -0.723. The normalized spacial score (nSPS) is 36.0. The molecule has 0 aromatic rings. The maximum atomic E-state index is 5.59. The molecule has 0 aromatic heterocycles. The molecule has 0 spiro atoms. The van der Waals surface area contributed by atoms with Crippen LogP contribution in [0, 0.1) is 0 Å². The van der Waals surface area contributed by atoms with Gasteiger partial charge in [-0.05, 0) is 18.9 Å². The van der Waals surface area contributed by atoms with Gasteiger partial charge in [0.1, 0.15) is 0 Å². The van der Waals surface area contributed by atoms with E-state index in [1.54, 1.807) is 0 Å². The summed E-state index contributed by atoms with van der Waals surface area (Å²) in [6, 6.07) is 0.176. The molecule has 0 saturated carbocycles. The lowest BCUT2D eigenvalue weighted by atomic mass is 9.97. The first-order valence-electron chi connectivity index (χ1n) is 3.18. The smallest absolute Gasteiger partial charge is 0.0440 e. The molecule has 1 aliphatic carbocycles. The summed E-state index contributed by atoms with van der Waals surface area (Å²) in [5, 5.41) is 0. The Morgan fingerprint density at radius 3 is 2.44 bits per heavy atom. The van der Waals surface area contributed by atoms with Crippen LogP contribution in [0.3, 0.4) is 0 Å². The van der Waals surface area contributed by atoms with Crippen LogP contribution in [0.5, 0.6) is 0 Å². The predicted molar refractivity (Wildman–Crippen MR) is 37.5 cm³/mol. The van der Waals surface area contributed by atoms with Gasteiger partial charge in [0.15, 0.2) is 0 Å². The van der Waals surface area contributed by atoms with E-state index in [1.165, 1.54) is 0 Å². The van der Waals surface area contributed by atoms with Crippen LogP contribution in [0.15, 0.2) is 11.8 Å². The van der Waals surface area contributed by atoms with Crippen LogP contribution in [0.2, 0.25) is 0 Å². The molecule has 2 atom stereocenters. The summed E-state index contributed by atoms with van der Waals surface area (Å²) in [5.41, 5.74) is 17.4. The number of hydrogen-bond donors (Lipinski definition) is 3. The topological polar surface area (TPSA) is 78.1 Å². The lowest BCUT2D eigenvalue weighted by Crippen LogP contribution is -2.35. The summed E-state index contributed by atoms with van der Waals surface area (Å²) in [7, 11) is 0. The zero-order valence-electron chi connectivity index (χ0n) is 5.38. The van der Waals surface area contributed by atoms with E-state index >= 15 is 0 Å². The lowest BCUT2D eigenvalue weighted by Gasteiger charge is -2.20. The largest absolute Gasteiger partial charge is 0.401 e. The Kier molecular flexibility index (Phi) is 1.73. The number of rotatable bonds is 0. The van der Waals surface area contributed by atoms with E-state index in [0.29, 0.717) is 0 Å². The van der Waals surface area contributed by atoms with Gasteiger partial charge in [-0.1, -0.05) is 0 Å². The second-order valence-electron chi connectivity index (χ2n) is 2.51. The molecule has 6 N–H and O–H groups in total. The molecule has 2 unspecified atom stereocenters. The van der Waals surface area contributed by atoms with Gasteiger partial charge in [0.2, 0.25) is 0 Å². The lowest BCUT2D eigenvalue weighted by molar-refractivity contribution is 0.562. The van der Waals surface area contributed by atoms with E-state index in [4.69, 9.17) is 17.2 Å². The van der Waals surface area contributed by atoms with E-state index in [2.05, 4.69) is 0 Å². The molecule has 0 aromatic carbocycles. The van der Waals surface area contributed by atoms with Gasteiger partial charge >= 0.3 is 0 Å². The molecule has 0 bridgehead atoms. The molecule has 0 fully saturated rings. The Labute approximate surface area is 54.9 Å². The van der Waals surface area contributed by atoms with Crippen molar-refractivity contribution in [2.24, 2.45) is 17.2 Å². The fraction of sp³-hybridized carbons (Fsp3) is 0.667. The fourth-order valence-electron chi connectivity index (χ4n) is 0.993. The highest BCUT2D eigenvalue weighted by atomic mass is 14.8. The highest BCUT2D eigenvalue weighted by molar-refractivity contribution is 5.12. The molecule has 1 aliphatic rings. The Bertz CT molecular complexity index is 130. The summed E-state index contributed by atoms with van der Waals surface area (Å²) in [6.45, 7) is 0. The average molecular weight is 127 g/mol. The van der Waals surface area contributed by atoms with Gasteiger partial charge in [0.25, 0.3) is 0 Å². The summed E-state index contributed by atoms with van der Waals surface area (Å²) in [5.74, 6) is 0. The van der Waals surface area contributed by atoms with Crippen molar-refractivity contribution in [3.05, 3.63) is 11.8 Å². The van der Waals surface area contributed by atoms with Gasteiger partial charge < -0.3 is 17.2 Å². The summed E-state index contributed by atoms with van der Waals surface area (Å²) in [4.78, 5) is 0. The van der Waals surface area contributed by atoms with Crippen molar-refractivity contribution in [3.63, 3.8) is 0 Å². The van der Waals surface area contributed by atoms with Crippen LogP contribution < -0.4 is 17.2 Å². The van der Waals surface area contributed by atoms with Crippen LogP contribution in [-0.4, -0.2) is 12.1 Å². The molecule has 52 valence electrons. The third-order valence-electron chi connectivity index (χ3n) is 1.65. The van der Waals surface area contributed by atoms with E-state index in [1.807, 2.05) is 6.08 Å². The molecule has 0 radical (unpaired) electrons. The zero-order chi connectivity index (χ0) is 6.85. The summed E-state index contributed by atoms with van der Waals surface area (Å²) in [6.07, 6.45) is 3.72. The van der Waals surface area contributed by atoms with Crippen LogP contribution in [-0.2, 0) is 0 Å². The van der Waals surface area contributed by atoms with Gasteiger partial charge in [-0.2, -0.15) is 0 Å². The molecule has 0 aliphatic heterocycles. The van der Waals surface area contributed by atoms with Gasteiger partial charge in [-0.3, -0.25) is 0 Å². The van der Waals surface area contributed by atoms with Crippen molar-refractivity contribution in [2.75, 3.05) is 0 Å². The van der Waals surface area contributed by atoms with Crippen molar-refractivity contribution >= 4 is 0 Å².